The second-order valence-corrected chi connectivity index (χ2v) is 6.62. The van der Waals surface area contributed by atoms with Crippen LogP contribution in [0.3, 0.4) is 0 Å². The Morgan fingerprint density at radius 1 is 1.21 bits per heavy atom. The van der Waals surface area contributed by atoms with Crippen LogP contribution in [0.1, 0.15) is 26.7 Å². The summed E-state index contributed by atoms with van der Waals surface area (Å²) in [6.07, 6.45) is 2.07. The van der Waals surface area contributed by atoms with Crippen molar-refractivity contribution in [2.75, 3.05) is 6.54 Å². The topological polar surface area (TPSA) is 55.2 Å². The minimum Gasteiger partial charge on any atom is -0.338 e. The highest BCUT2D eigenvalue weighted by molar-refractivity contribution is 5.76. The van der Waals surface area contributed by atoms with Crippen LogP contribution in [-0.4, -0.2) is 33.2 Å². The lowest BCUT2D eigenvalue weighted by molar-refractivity contribution is -0.133. The molecule has 0 bridgehead atoms. The van der Waals surface area contributed by atoms with E-state index in [1.165, 1.54) is 10.7 Å². The van der Waals surface area contributed by atoms with Crippen molar-refractivity contribution in [1.29, 1.82) is 0 Å². The Morgan fingerprint density at radius 2 is 1.96 bits per heavy atom. The first-order valence-corrected chi connectivity index (χ1v) is 8.49. The molecule has 24 heavy (non-hydrogen) atoms. The average molecular weight is 325 g/mol. The maximum atomic E-state index is 12.7. The molecule has 0 spiro atoms. The molecule has 0 radical (unpaired) electrons. The van der Waals surface area contributed by atoms with Gasteiger partial charge >= 0.3 is 0 Å². The maximum Gasteiger partial charge on any atom is 0.267 e. The van der Waals surface area contributed by atoms with Crippen molar-refractivity contribution in [3.63, 3.8) is 0 Å². The third kappa shape index (κ3) is 3.40. The van der Waals surface area contributed by atoms with E-state index in [-0.39, 0.29) is 24.1 Å². The lowest BCUT2D eigenvalue weighted by Crippen LogP contribution is -2.42. The van der Waals surface area contributed by atoms with Crippen LogP contribution in [0.15, 0.2) is 47.3 Å². The van der Waals surface area contributed by atoms with Gasteiger partial charge in [0.05, 0.1) is 5.69 Å². The van der Waals surface area contributed by atoms with Gasteiger partial charge in [0.15, 0.2) is 0 Å². The molecule has 0 saturated carbocycles. The number of likely N-dealkylation sites (tertiary alicyclic amines) is 1. The Bertz CT molecular complexity index is 768. The SMILES string of the molecule is CC(C)[C@@H]1CCCN1C(=O)Cn1nc(-c2ccccc2)ccc1=O. The molecule has 1 aliphatic heterocycles. The molecule has 0 unspecified atom stereocenters. The highest BCUT2D eigenvalue weighted by Crippen LogP contribution is 2.24. The number of aromatic nitrogens is 2. The van der Waals surface area contributed by atoms with Gasteiger partial charge < -0.3 is 4.90 Å². The average Bonchev–Trinajstić information content (AvgIpc) is 3.08. The van der Waals surface area contributed by atoms with Crippen LogP contribution in [-0.2, 0) is 11.3 Å². The number of nitrogens with zero attached hydrogens (tertiary/aromatic N) is 3. The van der Waals surface area contributed by atoms with E-state index in [1.54, 1.807) is 6.07 Å². The van der Waals surface area contributed by atoms with Crippen LogP contribution in [0.4, 0.5) is 0 Å². The van der Waals surface area contributed by atoms with Gasteiger partial charge in [-0.2, -0.15) is 5.10 Å². The second kappa shape index (κ2) is 6.99. The molecule has 3 rings (SSSR count). The summed E-state index contributed by atoms with van der Waals surface area (Å²) in [5, 5.41) is 4.38. The zero-order chi connectivity index (χ0) is 17.1. The van der Waals surface area contributed by atoms with Crippen LogP contribution in [0, 0.1) is 5.92 Å². The molecule has 1 aliphatic rings. The summed E-state index contributed by atoms with van der Waals surface area (Å²) in [5.74, 6) is 0.405. The minimum atomic E-state index is -0.247. The Hall–Kier alpha value is -2.43. The molecule has 2 aromatic rings. The van der Waals surface area contributed by atoms with Crippen LogP contribution < -0.4 is 5.56 Å². The van der Waals surface area contributed by atoms with E-state index < -0.39 is 0 Å². The fraction of sp³-hybridized carbons (Fsp3) is 0.421. The van der Waals surface area contributed by atoms with Gasteiger partial charge in [-0.15, -0.1) is 0 Å². The molecule has 1 aromatic heterocycles. The lowest BCUT2D eigenvalue weighted by Gasteiger charge is -2.27. The summed E-state index contributed by atoms with van der Waals surface area (Å²) in [5.41, 5.74) is 1.38. The quantitative estimate of drug-likeness (QED) is 0.868. The Labute approximate surface area is 141 Å². The fourth-order valence-electron chi connectivity index (χ4n) is 3.34. The molecular formula is C19H23N3O2. The smallest absolute Gasteiger partial charge is 0.267 e. The predicted octanol–water partition coefficient (Wildman–Crippen LogP) is 2.56. The summed E-state index contributed by atoms with van der Waals surface area (Å²) in [6.45, 7) is 5.05. The van der Waals surface area contributed by atoms with Crippen LogP contribution >= 0.6 is 0 Å². The third-order valence-corrected chi connectivity index (χ3v) is 4.61. The predicted molar refractivity (Wildman–Crippen MR) is 93.5 cm³/mol. The zero-order valence-electron chi connectivity index (χ0n) is 14.2. The Balaban J connectivity index is 1.82. The summed E-state index contributed by atoms with van der Waals surface area (Å²) >= 11 is 0. The molecule has 5 heteroatoms. The molecular weight excluding hydrogens is 302 g/mol. The first-order chi connectivity index (χ1) is 11.6. The molecule has 126 valence electrons. The maximum absolute atomic E-state index is 12.7. The van der Waals surface area contributed by atoms with Crippen molar-refractivity contribution in [2.45, 2.75) is 39.3 Å². The number of amides is 1. The van der Waals surface area contributed by atoms with Gasteiger partial charge in [-0.3, -0.25) is 9.59 Å². The largest absolute Gasteiger partial charge is 0.338 e. The first-order valence-electron chi connectivity index (χ1n) is 8.49. The molecule has 1 saturated heterocycles. The third-order valence-electron chi connectivity index (χ3n) is 4.61. The number of carbonyl (C=O) groups excluding carboxylic acids is 1. The number of hydrogen-bond acceptors (Lipinski definition) is 3. The number of rotatable bonds is 4. The lowest BCUT2D eigenvalue weighted by atomic mass is 10.0. The first kappa shape index (κ1) is 16.4. The number of benzene rings is 1. The summed E-state index contributed by atoms with van der Waals surface area (Å²) in [4.78, 5) is 26.7. The molecule has 1 aromatic carbocycles. The number of hydrogen-bond donors (Lipinski definition) is 0. The van der Waals surface area contributed by atoms with Crippen molar-refractivity contribution in [1.82, 2.24) is 14.7 Å². The molecule has 1 amide bonds. The van der Waals surface area contributed by atoms with Gasteiger partial charge in [-0.05, 0) is 24.8 Å². The second-order valence-electron chi connectivity index (χ2n) is 6.62. The van der Waals surface area contributed by atoms with Gasteiger partial charge in [-0.1, -0.05) is 44.2 Å². The standard InChI is InChI=1S/C19H23N3O2/c1-14(2)17-9-6-12-21(17)19(24)13-22-18(23)11-10-16(20-22)15-7-4-3-5-8-15/h3-5,7-8,10-11,14,17H,6,9,12-13H2,1-2H3/t17-/m0/s1. The van der Waals surface area contributed by atoms with Gasteiger partial charge in [0, 0.05) is 24.2 Å². The van der Waals surface area contributed by atoms with Crippen molar-refractivity contribution in [3.05, 3.63) is 52.8 Å². The summed E-state index contributed by atoms with van der Waals surface area (Å²) in [6, 6.07) is 13.1. The van der Waals surface area contributed by atoms with Gasteiger partial charge in [0.2, 0.25) is 5.91 Å². The van der Waals surface area contributed by atoms with E-state index >= 15 is 0 Å². The fourth-order valence-corrected chi connectivity index (χ4v) is 3.34. The van der Waals surface area contributed by atoms with Crippen LogP contribution in [0.5, 0.6) is 0 Å². The number of carbonyl (C=O) groups is 1. The monoisotopic (exact) mass is 325 g/mol. The van der Waals surface area contributed by atoms with E-state index in [2.05, 4.69) is 18.9 Å². The molecule has 0 N–H and O–H groups in total. The van der Waals surface area contributed by atoms with Crippen LogP contribution in [0.25, 0.3) is 11.3 Å². The van der Waals surface area contributed by atoms with E-state index in [0.717, 1.165) is 24.9 Å². The van der Waals surface area contributed by atoms with Gasteiger partial charge in [0.1, 0.15) is 6.54 Å². The van der Waals surface area contributed by atoms with E-state index in [1.807, 2.05) is 35.2 Å². The van der Waals surface area contributed by atoms with E-state index in [9.17, 15) is 9.59 Å². The summed E-state index contributed by atoms with van der Waals surface area (Å²) in [7, 11) is 0. The van der Waals surface area contributed by atoms with Crippen LogP contribution in [0.2, 0.25) is 0 Å². The van der Waals surface area contributed by atoms with E-state index in [4.69, 9.17) is 0 Å². The molecule has 2 heterocycles. The highest BCUT2D eigenvalue weighted by Gasteiger charge is 2.30. The molecule has 0 aliphatic carbocycles. The molecule has 5 nitrogen and oxygen atoms in total. The minimum absolute atomic E-state index is 0.00271. The normalized spacial score (nSPS) is 17.5. The summed E-state index contributed by atoms with van der Waals surface area (Å²) < 4.78 is 1.28. The molecule has 1 fully saturated rings. The van der Waals surface area contributed by atoms with Crippen molar-refractivity contribution in [3.8, 4) is 11.3 Å². The Morgan fingerprint density at radius 3 is 2.67 bits per heavy atom. The van der Waals surface area contributed by atoms with Gasteiger partial charge in [-0.25, -0.2) is 4.68 Å². The van der Waals surface area contributed by atoms with Crippen molar-refractivity contribution in [2.24, 2.45) is 5.92 Å². The zero-order valence-corrected chi connectivity index (χ0v) is 14.2. The molecule has 1 atom stereocenters. The van der Waals surface area contributed by atoms with Gasteiger partial charge in [0.25, 0.3) is 5.56 Å². The Kier molecular flexibility index (Phi) is 4.79. The van der Waals surface area contributed by atoms with Crippen molar-refractivity contribution < 1.29 is 4.79 Å². The van der Waals surface area contributed by atoms with E-state index in [0.29, 0.717) is 11.6 Å². The van der Waals surface area contributed by atoms with Crippen molar-refractivity contribution >= 4 is 5.91 Å². The highest BCUT2D eigenvalue weighted by atomic mass is 16.2.